The quantitative estimate of drug-likeness (QED) is 0.838. The van der Waals surface area contributed by atoms with Crippen molar-refractivity contribution in [3.05, 3.63) is 58.6 Å². The molecule has 0 unspecified atom stereocenters. The van der Waals surface area contributed by atoms with Gasteiger partial charge >= 0.3 is 12.0 Å². The number of benzene rings is 2. The molecule has 114 valence electrons. The van der Waals surface area contributed by atoms with Crippen molar-refractivity contribution in [1.82, 2.24) is 0 Å². The first kappa shape index (κ1) is 15.9. The number of nitrogens with one attached hydrogen (secondary N) is 2. The maximum Gasteiger partial charge on any atom is 0.337 e. The second-order valence-electron chi connectivity index (χ2n) is 4.56. The van der Waals surface area contributed by atoms with Gasteiger partial charge in [-0.05, 0) is 42.8 Å². The molecule has 0 aliphatic heterocycles. The summed E-state index contributed by atoms with van der Waals surface area (Å²) in [4.78, 5) is 23.5. The van der Waals surface area contributed by atoms with Crippen molar-refractivity contribution >= 4 is 35.0 Å². The van der Waals surface area contributed by atoms with Crippen LogP contribution in [-0.2, 0) is 4.74 Å². The van der Waals surface area contributed by atoms with E-state index >= 15 is 0 Å². The summed E-state index contributed by atoms with van der Waals surface area (Å²) < 4.78 is 4.64. The van der Waals surface area contributed by atoms with Gasteiger partial charge in [0, 0.05) is 16.4 Å². The first-order valence-electron chi connectivity index (χ1n) is 6.52. The Morgan fingerprint density at radius 1 is 1.09 bits per heavy atom. The van der Waals surface area contributed by atoms with Gasteiger partial charge < -0.3 is 15.4 Å². The molecule has 2 aromatic carbocycles. The van der Waals surface area contributed by atoms with Crippen LogP contribution < -0.4 is 10.6 Å². The normalized spacial score (nSPS) is 9.95. The zero-order chi connectivity index (χ0) is 16.1. The van der Waals surface area contributed by atoms with Gasteiger partial charge in [-0.2, -0.15) is 0 Å². The van der Waals surface area contributed by atoms with Crippen molar-refractivity contribution in [2.24, 2.45) is 0 Å². The predicted octanol–water partition coefficient (Wildman–Crippen LogP) is 4.08. The average molecular weight is 319 g/mol. The molecule has 0 aromatic heterocycles. The van der Waals surface area contributed by atoms with Crippen LogP contribution in [-0.4, -0.2) is 19.1 Å². The molecule has 2 aromatic rings. The first-order chi connectivity index (χ1) is 10.5. The van der Waals surface area contributed by atoms with Crippen molar-refractivity contribution < 1.29 is 14.3 Å². The van der Waals surface area contributed by atoms with E-state index in [-0.39, 0.29) is 0 Å². The molecular weight excluding hydrogens is 304 g/mol. The molecule has 0 aliphatic carbocycles. The highest BCUT2D eigenvalue weighted by molar-refractivity contribution is 6.31. The van der Waals surface area contributed by atoms with Crippen LogP contribution in [0, 0.1) is 6.92 Å². The topological polar surface area (TPSA) is 67.4 Å². The summed E-state index contributed by atoms with van der Waals surface area (Å²) in [5.74, 6) is -0.463. The van der Waals surface area contributed by atoms with Gasteiger partial charge in [0.15, 0.2) is 0 Å². The van der Waals surface area contributed by atoms with Crippen LogP contribution in [0.3, 0.4) is 0 Å². The van der Waals surface area contributed by atoms with Crippen LogP contribution in [0.2, 0.25) is 5.02 Å². The molecule has 2 rings (SSSR count). The fraction of sp³-hybridized carbons (Fsp3) is 0.125. The summed E-state index contributed by atoms with van der Waals surface area (Å²) in [5.41, 5.74) is 2.25. The first-order valence-corrected chi connectivity index (χ1v) is 6.90. The van der Waals surface area contributed by atoms with Crippen molar-refractivity contribution in [3.63, 3.8) is 0 Å². The van der Waals surface area contributed by atoms with Crippen LogP contribution in [0.5, 0.6) is 0 Å². The van der Waals surface area contributed by atoms with Gasteiger partial charge in [0.1, 0.15) is 0 Å². The SMILES string of the molecule is COC(=O)c1cccc(NC(=O)Nc2cccc(Cl)c2C)c1. The number of amides is 2. The van der Waals surface area contributed by atoms with Gasteiger partial charge in [-0.15, -0.1) is 0 Å². The molecular formula is C16H15ClN2O3. The lowest BCUT2D eigenvalue weighted by atomic mass is 10.2. The maximum absolute atomic E-state index is 12.0. The minimum atomic E-state index is -0.463. The van der Waals surface area contributed by atoms with Crippen molar-refractivity contribution in [1.29, 1.82) is 0 Å². The van der Waals surface area contributed by atoms with Gasteiger partial charge in [0.05, 0.1) is 12.7 Å². The number of hydrogen-bond acceptors (Lipinski definition) is 3. The van der Waals surface area contributed by atoms with E-state index in [2.05, 4.69) is 15.4 Å². The molecule has 0 saturated carbocycles. The third-order valence-electron chi connectivity index (χ3n) is 3.06. The summed E-state index contributed by atoms with van der Waals surface area (Å²) in [5, 5.41) is 5.94. The Hall–Kier alpha value is -2.53. The van der Waals surface area contributed by atoms with Crippen LogP contribution in [0.15, 0.2) is 42.5 Å². The Bertz CT molecular complexity index is 716. The average Bonchev–Trinajstić information content (AvgIpc) is 2.51. The standard InChI is InChI=1S/C16H15ClN2O3/c1-10-13(17)7-4-8-14(10)19-16(21)18-12-6-3-5-11(9-12)15(20)22-2/h3-9H,1-2H3,(H2,18,19,21). The number of anilines is 2. The molecule has 0 fully saturated rings. The monoisotopic (exact) mass is 318 g/mol. The van der Waals surface area contributed by atoms with Gasteiger partial charge in [0.2, 0.25) is 0 Å². The van der Waals surface area contributed by atoms with E-state index < -0.39 is 12.0 Å². The van der Waals surface area contributed by atoms with E-state index in [0.717, 1.165) is 5.56 Å². The summed E-state index contributed by atoms with van der Waals surface area (Å²) in [6, 6.07) is 11.3. The highest BCUT2D eigenvalue weighted by Crippen LogP contribution is 2.23. The molecule has 0 radical (unpaired) electrons. The molecule has 2 N–H and O–H groups in total. The third kappa shape index (κ3) is 3.77. The lowest BCUT2D eigenvalue weighted by molar-refractivity contribution is 0.0600. The second kappa shape index (κ2) is 6.95. The number of esters is 1. The minimum Gasteiger partial charge on any atom is -0.465 e. The Morgan fingerprint density at radius 2 is 1.82 bits per heavy atom. The highest BCUT2D eigenvalue weighted by atomic mass is 35.5. The fourth-order valence-electron chi connectivity index (χ4n) is 1.87. The molecule has 0 bridgehead atoms. The van der Waals surface area contributed by atoms with E-state index in [1.54, 1.807) is 36.4 Å². The highest BCUT2D eigenvalue weighted by Gasteiger charge is 2.09. The zero-order valence-corrected chi connectivity index (χ0v) is 12.9. The van der Waals surface area contributed by atoms with E-state index in [1.165, 1.54) is 13.2 Å². The van der Waals surface area contributed by atoms with E-state index in [0.29, 0.717) is 22.0 Å². The zero-order valence-electron chi connectivity index (χ0n) is 12.1. The molecule has 0 atom stereocenters. The molecule has 2 amide bonds. The number of carbonyl (C=O) groups excluding carboxylic acids is 2. The minimum absolute atomic E-state index is 0.360. The van der Waals surface area contributed by atoms with Crippen LogP contribution in [0.25, 0.3) is 0 Å². The van der Waals surface area contributed by atoms with Crippen LogP contribution in [0.1, 0.15) is 15.9 Å². The number of hydrogen-bond donors (Lipinski definition) is 2. The summed E-state index contributed by atoms with van der Waals surface area (Å²) in [7, 11) is 1.30. The predicted molar refractivity (Wildman–Crippen MR) is 86.6 cm³/mol. The Morgan fingerprint density at radius 3 is 2.55 bits per heavy atom. The number of methoxy groups -OCH3 is 1. The summed E-state index contributed by atoms with van der Waals surface area (Å²) >= 11 is 6.01. The Labute approximate surface area is 133 Å². The van der Waals surface area contributed by atoms with E-state index in [9.17, 15) is 9.59 Å². The number of ether oxygens (including phenoxy) is 1. The van der Waals surface area contributed by atoms with Crippen LogP contribution in [0.4, 0.5) is 16.2 Å². The van der Waals surface area contributed by atoms with Gasteiger partial charge in [-0.1, -0.05) is 23.7 Å². The van der Waals surface area contributed by atoms with Gasteiger partial charge in [-0.25, -0.2) is 9.59 Å². The molecule has 5 nitrogen and oxygen atoms in total. The van der Waals surface area contributed by atoms with Crippen LogP contribution >= 0.6 is 11.6 Å². The molecule has 0 saturated heterocycles. The number of carbonyl (C=O) groups is 2. The molecule has 0 spiro atoms. The van der Waals surface area contributed by atoms with Gasteiger partial charge in [-0.3, -0.25) is 0 Å². The van der Waals surface area contributed by atoms with Crippen molar-refractivity contribution in [2.75, 3.05) is 17.7 Å². The molecule has 22 heavy (non-hydrogen) atoms. The summed E-state index contributed by atoms with van der Waals surface area (Å²) in [6.07, 6.45) is 0. The Kier molecular flexibility index (Phi) is 5.01. The van der Waals surface area contributed by atoms with E-state index in [1.807, 2.05) is 6.92 Å². The fourth-order valence-corrected chi connectivity index (χ4v) is 2.04. The number of urea groups is 1. The smallest absolute Gasteiger partial charge is 0.337 e. The maximum atomic E-state index is 12.0. The largest absolute Gasteiger partial charge is 0.465 e. The van der Waals surface area contributed by atoms with Crippen molar-refractivity contribution in [2.45, 2.75) is 6.92 Å². The lowest BCUT2D eigenvalue weighted by Gasteiger charge is -2.11. The number of halogens is 1. The van der Waals surface area contributed by atoms with Gasteiger partial charge in [0.25, 0.3) is 0 Å². The molecule has 0 aliphatic rings. The summed E-state index contributed by atoms with van der Waals surface area (Å²) in [6.45, 7) is 1.82. The third-order valence-corrected chi connectivity index (χ3v) is 3.47. The molecule has 0 heterocycles. The van der Waals surface area contributed by atoms with Crippen molar-refractivity contribution in [3.8, 4) is 0 Å². The number of rotatable bonds is 3. The second-order valence-corrected chi connectivity index (χ2v) is 4.97. The molecule has 6 heteroatoms. The van der Waals surface area contributed by atoms with E-state index in [4.69, 9.17) is 11.6 Å². The Balaban J connectivity index is 2.09. The lowest BCUT2D eigenvalue weighted by Crippen LogP contribution is -2.20.